The smallest absolute Gasteiger partial charge is 0.0560 e. The topological polar surface area (TPSA) is 30.5 Å². The summed E-state index contributed by atoms with van der Waals surface area (Å²) in [7, 11) is 3.70. The molecule has 1 aromatic rings. The van der Waals surface area contributed by atoms with Gasteiger partial charge in [-0.2, -0.15) is 0 Å². The van der Waals surface area contributed by atoms with Crippen LogP contribution in [0.15, 0.2) is 29.2 Å². The van der Waals surface area contributed by atoms with E-state index in [0.717, 1.165) is 32.0 Å². The molecule has 1 aromatic carbocycles. The number of nitrogens with one attached hydrogen (secondary N) is 1. The van der Waals surface area contributed by atoms with Gasteiger partial charge in [0, 0.05) is 37.0 Å². The number of rotatable bonds is 10. The Bertz CT molecular complexity index is 329. The normalized spacial score (nSPS) is 12.6. The molecular formula is C15H25NO2S. The summed E-state index contributed by atoms with van der Waals surface area (Å²) in [6, 6.07) is 9.13. The van der Waals surface area contributed by atoms with Crippen molar-refractivity contribution < 1.29 is 9.47 Å². The molecule has 0 aliphatic carbocycles. The van der Waals surface area contributed by atoms with Gasteiger partial charge in [0.15, 0.2) is 0 Å². The second-order valence-corrected chi connectivity index (χ2v) is 5.55. The highest BCUT2D eigenvalue weighted by Gasteiger charge is 2.01. The molecule has 19 heavy (non-hydrogen) atoms. The van der Waals surface area contributed by atoms with E-state index in [1.807, 2.05) is 18.8 Å². The number of methoxy groups -OCH3 is 1. The highest BCUT2D eigenvalue weighted by Crippen LogP contribution is 2.20. The molecule has 3 nitrogen and oxygen atoms in total. The molecule has 0 saturated carbocycles. The second kappa shape index (κ2) is 10.3. The minimum absolute atomic E-state index is 0.406. The molecule has 0 amide bonds. The van der Waals surface area contributed by atoms with E-state index in [2.05, 4.69) is 36.5 Å². The fraction of sp³-hybridized carbons (Fsp3) is 0.600. The maximum Gasteiger partial charge on any atom is 0.0560 e. The van der Waals surface area contributed by atoms with Crippen LogP contribution < -0.4 is 5.32 Å². The third-order valence-electron chi connectivity index (χ3n) is 2.95. The van der Waals surface area contributed by atoms with Gasteiger partial charge in [0.05, 0.1) is 6.61 Å². The molecular weight excluding hydrogens is 258 g/mol. The van der Waals surface area contributed by atoms with E-state index >= 15 is 0 Å². The van der Waals surface area contributed by atoms with Crippen molar-refractivity contribution in [3.8, 4) is 0 Å². The molecule has 4 heteroatoms. The Morgan fingerprint density at radius 1 is 1.16 bits per heavy atom. The van der Waals surface area contributed by atoms with Crippen molar-refractivity contribution in [2.24, 2.45) is 0 Å². The van der Waals surface area contributed by atoms with Crippen molar-refractivity contribution in [3.05, 3.63) is 29.8 Å². The van der Waals surface area contributed by atoms with Crippen molar-refractivity contribution >= 4 is 11.8 Å². The van der Waals surface area contributed by atoms with Crippen molar-refractivity contribution in [3.63, 3.8) is 0 Å². The van der Waals surface area contributed by atoms with Gasteiger partial charge >= 0.3 is 0 Å². The molecule has 1 N–H and O–H groups in total. The SMILES string of the molecule is CNC(C)c1ccc(SCCOCCCOC)cc1. The van der Waals surface area contributed by atoms with Gasteiger partial charge in [-0.25, -0.2) is 0 Å². The molecule has 1 unspecified atom stereocenters. The third-order valence-corrected chi connectivity index (χ3v) is 3.92. The molecule has 108 valence electrons. The van der Waals surface area contributed by atoms with Crippen molar-refractivity contribution in [1.82, 2.24) is 5.32 Å². The predicted octanol–water partition coefficient (Wildman–Crippen LogP) is 3.11. The molecule has 0 saturated heterocycles. The van der Waals surface area contributed by atoms with Crippen molar-refractivity contribution in [2.75, 3.05) is 39.7 Å². The minimum atomic E-state index is 0.406. The lowest BCUT2D eigenvalue weighted by Crippen LogP contribution is -2.11. The van der Waals surface area contributed by atoms with E-state index in [0.29, 0.717) is 6.04 Å². The summed E-state index contributed by atoms with van der Waals surface area (Å²) >= 11 is 1.84. The molecule has 0 bridgehead atoms. The Balaban J connectivity index is 2.16. The van der Waals surface area contributed by atoms with Gasteiger partial charge in [0.1, 0.15) is 0 Å². The van der Waals surface area contributed by atoms with Gasteiger partial charge in [0.2, 0.25) is 0 Å². The number of benzene rings is 1. The van der Waals surface area contributed by atoms with Gasteiger partial charge in [-0.05, 0) is 38.1 Å². The average molecular weight is 283 g/mol. The number of thioether (sulfide) groups is 1. The zero-order chi connectivity index (χ0) is 13.9. The summed E-state index contributed by atoms with van der Waals surface area (Å²) in [6.45, 7) is 4.52. The molecule has 0 aliphatic heterocycles. The van der Waals surface area contributed by atoms with Crippen LogP contribution in [-0.4, -0.2) is 39.7 Å². The van der Waals surface area contributed by atoms with Crippen molar-refractivity contribution in [2.45, 2.75) is 24.3 Å². The first-order chi connectivity index (χ1) is 9.27. The Morgan fingerprint density at radius 2 is 1.89 bits per heavy atom. The highest BCUT2D eigenvalue weighted by molar-refractivity contribution is 7.99. The summed E-state index contributed by atoms with van der Waals surface area (Å²) in [4.78, 5) is 1.30. The average Bonchev–Trinajstić information content (AvgIpc) is 2.46. The van der Waals surface area contributed by atoms with Crippen LogP contribution in [0.1, 0.15) is 24.9 Å². The first-order valence-electron chi connectivity index (χ1n) is 6.74. The summed E-state index contributed by atoms with van der Waals surface area (Å²) in [5, 5.41) is 3.24. The van der Waals surface area contributed by atoms with Crippen LogP contribution >= 0.6 is 11.8 Å². The predicted molar refractivity (Wildman–Crippen MR) is 82.0 cm³/mol. The minimum Gasteiger partial charge on any atom is -0.385 e. The van der Waals surface area contributed by atoms with E-state index in [-0.39, 0.29) is 0 Å². The van der Waals surface area contributed by atoms with Crippen LogP contribution in [0.25, 0.3) is 0 Å². The van der Waals surface area contributed by atoms with Crippen LogP contribution in [0.5, 0.6) is 0 Å². The maximum absolute atomic E-state index is 5.53. The van der Waals surface area contributed by atoms with E-state index in [4.69, 9.17) is 9.47 Å². The number of ether oxygens (including phenoxy) is 2. The van der Waals surface area contributed by atoms with Crippen LogP contribution in [0, 0.1) is 0 Å². The van der Waals surface area contributed by atoms with Gasteiger partial charge in [-0.1, -0.05) is 12.1 Å². The Morgan fingerprint density at radius 3 is 2.53 bits per heavy atom. The van der Waals surface area contributed by atoms with E-state index < -0.39 is 0 Å². The van der Waals surface area contributed by atoms with Crippen LogP contribution in [-0.2, 0) is 9.47 Å². The molecule has 0 heterocycles. The molecule has 0 fully saturated rings. The quantitative estimate of drug-likeness (QED) is 0.528. The molecule has 0 radical (unpaired) electrons. The Hall–Kier alpha value is -0.550. The lowest BCUT2D eigenvalue weighted by molar-refractivity contribution is 0.113. The number of hydrogen-bond acceptors (Lipinski definition) is 4. The van der Waals surface area contributed by atoms with Gasteiger partial charge in [0.25, 0.3) is 0 Å². The molecule has 1 rings (SSSR count). The van der Waals surface area contributed by atoms with Crippen LogP contribution in [0.4, 0.5) is 0 Å². The summed E-state index contributed by atoms with van der Waals surface area (Å²) < 4.78 is 10.5. The maximum atomic E-state index is 5.53. The zero-order valence-electron chi connectivity index (χ0n) is 12.1. The van der Waals surface area contributed by atoms with Crippen LogP contribution in [0.2, 0.25) is 0 Å². The molecule has 0 spiro atoms. The monoisotopic (exact) mass is 283 g/mol. The Kier molecular flexibility index (Phi) is 8.91. The lowest BCUT2D eigenvalue weighted by atomic mass is 10.1. The summed E-state index contributed by atoms with van der Waals surface area (Å²) in [5.74, 6) is 0.994. The first kappa shape index (κ1) is 16.5. The fourth-order valence-corrected chi connectivity index (χ4v) is 2.41. The van der Waals surface area contributed by atoms with Gasteiger partial charge in [-0.3, -0.25) is 0 Å². The van der Waals surface area contributed by atoms with E-state index in [1.165, 1.54) is 10.5 Å². The third kappa shape index (κ3) is 6.97. The van der Waals surface area contributed by atoms with E-state index in [1.54, 1.807) is 7.11 Å². The van der Waals surface area contributed by atoms with E-state index in [9.17, 15) is 0 Å². The fourth-order valence-electron chi connectivity index (χ4n) is 1.65. The first-order valence-corrected chi connectivity index (χ1v) is 7.73. The lowest BCUT2D eigenvalue weighted by Gasteiger charge is -2.11. The Labute approximate surface area is 121 Å². The van der Waals surface area contributed by atoms with Crippen LogP contribution in [0.3, 0.4) is 0 Å². The summed E-state index contributed by atoms with van der Waals surface area (Å²) in [5.41, 5.74) is 1.32. The molecule has 0 aromatic heterocycles. The standard InChI is InChI=1S/C15H25NO2S/c1-13(16-2)14-5-7-15(8-6-14)19-12-11-18-10-4-9-17-3/h5-8,13,16H,4,9-12H2,1-3H3. The highest BCUT2D eigenvalue weighted by atomic mass is 32.2. The number of hydrogen-bond donors (Lipinski definition) is 1. The van der Waals surface area contributed by atoms with Gasteiger partial charge < -0.3 is 14.8 Å². The van der Waals surface area contributed by atoms with Gasteiger partial charge in [-0.15, -0.1) is 11.8 Å². The largest absolute Gasteiger partial charge is 0.385 e. The zero-order valence-corrected chi connectivity index (χ0v) is 13.0. The van der Waals surface area contributed by atoms with Crippen molar-refractivity contribution in [1.29, 1.82) is 0 Å². The molecule has 1 atom stereocenters. The second-order valence-electron chi connectivity index (χ2n) is 4.39. The molecule has 0 aliphatic rings. The summed E-state index contributed by atoms with van der Waals surface area (Å²) in [6.07, 6.45) is 0.970.